The van der Waals surface area contributed by atoms with Gasteiger partial charge in [-0.2, -0.15) is 0 Å². The molecule has 6 heteroatoms. The lowest BCUT2D eigenvalue weighted by Gasteiger charge is -2.30. The van der Waals surface area contributed by atoms with Crippen LogP contribution in [-0.4, -0.2) is 45.5 Å². The molecule has 3 aromatic rings. The van der Waals surface area contributed by atoms with Gasteiger partial charge in [-0.1, -0.05) is 13.8 Å². The molecule has 4 rings (SSSR count). The van der Waals surface area contributed by atoms with Crippen LogP contribution in [-0.2, 0) is 6.42 Å². The van der Waals surface area contributed by atoms with Crippen LogP contribution in [0, 0.1) is 5.92 Å². The molecule has 1 saturated heterocycles. The van der Waals surface area contributed by atoms with Crippen molar-refractivity contribution >= 4 is 17.1 Å². The first-order valence-electron chi connectivity index (χ1n) is 9.91. The van der Waals surface area contributed by atoms with E-state index >= 15 is 0 Å². The highest BCUT2D eigenvalue weighted by Crippen LogP contribution is 2.24. The van der Waals surface area contributed by atoms with E-state index in [1.807, 2.05) is 39.8 Å². The average Bonchev–Trinajstić information content (AvgIpc) is 3.11. The number of carbonyl (C=O) groups is 1. The summed E-state index contributed by atoms with van der Waals surface area (Å²) in [5, 5.41) is 0. The summed E-state index contributed by atoms with van der Waals surface area (Å²) in [7, 11) is 1.65. The lowest BCUT2D eigenvalue weighted by atomic mass is 9.99. The first kappa shape index (κ1) is 18.5. The van der Waals surface area contributed by atoms with E-state index in [0.29, 0.717) is 11.5 Å². The number of benzene rings is 1. The van der Waals surface area contributed by atoms with E-state index in [9.17, 15) is 4.79 Å². The van der Waals surface area contributed by atoms with Crippen molar-refractivity contribution in [2.75, 3.05) is 20.2 Å². The third kappa shape index (κ3) is 3.35. The van der Waals surface area contributed by atoms with Crippen molar-refractivity contribution in [3.63, 3.8) is 0 Å². The molecule has 2 aromatic heterocycles. The number of imidazole rings is 1. The number of nitrogens with zero attached hydrogens (tertiary/aromatic N) is 4. The number of carbonyl (C=O) groups excluding carboxylic acids is 1. The predicted molar refractivity (Wildman–Crippen MR) is 109 cm³/mol. The Labute approximate surface area is 165 Å². The molecule has 28 heavy (non-hydrogen) atoms. The molecular weight excluding hydrogens is 352 g/mol. The zero-order valence-corrected chi connectivity index (χ0v) is 16.7. The molecule has 0 bridgehead atoms. The number of hydrogen-bond donors (Lipinski definition) is 0. The fourth-order valence-corrected chi connectivity index (χ4v) is 3.76. The summed E-state index contributed by atoms with van der Waals surface area (Å²) < 4.78 is 7.30. The van der Waals surface area contributed by atoms with Crippen molar-refractivity contribution in [1.29, 1.82) is 0 Å². The summed E-state index contributed by atoms with van der Waals surface area (Å²) in [6.07, 6.45) is 4.58. The summed E-state index contributed by atoms with van der Waals surface area (Å²) in [5.41, 5.74) is 3.12. The number of likely N-dealkylation sites (tertiary alicyclic amines) is 1. The van der Waals surface area contributed by atoms with Gasteiger partial charge in [0.05, 0.1) is 12.7 Å². The largest absolute Gasteiger partial charge is 0.497 e. The highest BCUT2D eigenvalue weighted by molar-refractivity contribution is 5.96. The van der Waals surface area contributed by atoms with Crippen molar-refractivity contribution in [1.82, 2.24) is 19.4 Å². The standard InChI is InChI=1S/C22H26N4O2/c1-4-20-24-19-13-16(22(27)25-11-9-15(2)10-12-25)14-23-21(19)26(20)17-5-7-18(28-3)8-6-17/h5-8,13-15H,4,9-12H2,1-3H3. The number of amides is 1. The molecule has 0 radical (unpaired) electrons. The van der Waals surface area contributed by atoms with Crippen LogP contribution < -0.4 is 4.74 Å². The normalized spacial score (nSPS) is 15.2. The van der Waals surface area contributed by atoms with Gasteiger partial charge in [0.25, 0.3) is 5.91 Å². The van der Waals surface area contributed by atoms with Crippen molar-refractivity contribution in [2.45, 2.75) is 33.1 Å². The van der Waals surface area contributed by atoms with Crippen molar-refractivity contribution < 1.29 is 9.53 Å². The van der Waals surface area contributed by atoms with E-state index < -0.39 is 0 Å². The number of methoxy groups -OCH3 is 1. The van der Waals surface area contributed by atoms with Crippen LogP contribution >= 0.6 is 0 Å². The maximum absolute atomic E-state index is 12.9. The van der Waals surface area contributed by atoms with Gasteiger partial charge in [0, 0.05) is 31.4 Å². The molecule has 0 spiro atoms. The Hall–Kier alpha value is -2.89. The number of fused-ring (bicyclic) bond motifs is 1. The molecule has 1 fully saturated rings. The number of ether oxygens (including phenoxy) is 1. The number of rotatable bonds is 4. The topological polar surface area (TPSA) is 60.2 Å². The van der Waals surface area contributed by atoms with Crippen LogP contribution in [0.5, 0.6) is 5.75 Å². The molecule has 1 aliphatic heterocycles. The predicted octanol–water partition coefficient (Wildman–Crippen LogP) is 3.86. The van der Waals surface area contributed by atoms with E-state index in [2.05, 4.69) is 18.8 Å². The van der Waals surface area contributed by atoms with Crippen molar-refractivity contribution in [2.24, 2.45) is 5.92 Å². The van der Waals surface area contributed by atoms with E-state index in [-0.39, 0.29) is 5.91 Å². The van der Waals surface area contributed by atoms with Crippen LogP contribution in [0.2, 0.25) is 0 Å². The Morgan fingerprint density at radius 2 is 1.93 bits per heavy atom. The summed E-state index contributed by atoms with van der Waals surface area (Å²) >= 11 is 0. The van der Waals surface area contributed by atoms with Crippen LogP contribution in [0.3, 0.4) is 0 Å². The SMILES string of the molecule is CCc1nc2cc(C(=O)N3CCC(C)CC3)cnc2n1-c1ccc(OC)cc1. The van der Waals surface area contributed by atoms with Gasteiger partial charge in [0.2, 0.25) is 0 Å². The zero-order valence-electron chi connectivity index (χ0n) is 16.7. The molecule has 1 amide bonds. The van der Waals surface area contributed by atoms with Crippen LogP contribution in [0.1, 0.15) is 42.9 Å². The zero-order chi connectivity index (χ0) is 19.7. The summed E-state index contributed by atoms with van der Waals surface area (Å²) in [5.74, 6) is 2.47. The van der Waals surface area contributed by atoms with Crippen LogP contribution in [0.25, 0.3) is 16.9 Å². The minimum absolute atomic E-state index is 0.0540. The maximum Gasteiger partial charge on any atom is 0.255 e. The van der Waals surface area contributed by atoms with Gasteiger partial charge >= 0.3 is 0 Å². The quantitative estimate of drug-likeness (QED) is 0.692. The van der Waals surface area contributed by atoms with E-state index in [4.69, 9.17) is 9.72 Å². The van der Waals surface area contributed by atoms with Gasteiger partial charge in [-0.25, -0.2) is 9.97 Å². The first-order chi connectivity index (χ1) is 13.6. The Bertz CT molecular complexity index is 986. The summed E-state index contributed by atoms with van der Waals surface area (Å²) in [6, 6.07) is 9.72. The Morgan fingerprint density at radius 3 is 2.57 bits per heavy atom. The first-order valence-corrected chi connectivity index (χ1v) is 9.91. The molecule has 0 atom stereocenters. The van der Waals surface area contributed by atoms with Gasteiger partial charge in [-0.3, -0.25) is 9.36 Å². The number of pyridine rings is 1. The second kappa shape index (κ2) is 7.62. The molecule has 0 unspecified atom stereocenters. The summed E-state index contributed by atoms with van der Waals surface area (Å²) in [4.78, 5) is 24.2. The van der Waals surface area contributed by atoms with Crippen LogP contribution in [0.15, 0.2) is 36.5 Å². The van der Waals surface area contributed by atoms with Gasteiger partial charge in [-0.05, 0) is 49.1 Å². The molecule has 0 N–H and O–H groups in total. The lowest BCUT2D eigenvalue weighted by Crippen LogP contribution is -2.37. The van der Waals surface area contributed by atoms with Gasteiger partial charge in [0.15, 0.2) is 5.65 Å². The van der Waals surface area contributed by atoms with E-state index in [1.165, 1.54) is 0 Å². The molecule has 1 aliphatic rings. The number of hydrogen-bond acceptors (Lipinski definition) is 4. The molecule has 0 saturated carbocycles. The smallest absolute Gasteiger partial charge is 0.255 e. The highest BCUT2D eigenvalue weighted by Gasteiger charge is 2.23. The second-order valence-corrected chi connectivity index (χ2v) is 7.46. The molecule has 3 heterocycles. The third-order valence-corrected chi connectivity index (χ3v) is 5.53. The van der Waals surface area contributed by atoms with Crippen molar-refractivity contribution in [3.05, 3.63) is 47.9 Å². The van der Waals surface area contributed by atoms with E-state index in [0.717, 1.165) is 60.8 Å². The second-order valence-electron chi connectivity index (χ2n) is 7.46. The van der Waals surface area contributed by atoms with Gasteiger partial charge < -0.3 is 9.64 Å². The average molecular weight is 378 g/mol. The minimum atomic E-state index is 0.0540. The highest BCUT2D eigenvalue weighted by atomic mass is 16.5. The molecule has 6 nitrogen and oxygen atoms in total. The number of aryl methyl sites for hydroxylation is 1. The molecule has 146 valence electrons. The fourth-order valence-electron chi connectivity index (χ4n) is 3.76. The van der Waals surface area contributed by atoms with Crippen molar-refractivity contribution in [3.8, 4) is 11.4 Å². The third-order valence-electron chi connectivity index (χ3n) is 5.53. The fraction of sp³-hybridized carbons (Fsp3) is 0.409. The number of aromatic nitrogens is 3. The Morgan fingerprint density at radius 1 is 1.21 bits per heavy atom. The van der Waals surface area contributed by atoms with Crippen LogP contribution in [0.4, 0.5) is 0 Å². The molecule has 0 aliphatic carbocycles. The van der Waals surface area contributed by atoms with Gasteiger partial charge in [-0.15, -0.1) is 0 Å². The summed E-state index contributed by atoms with van der Waals surface area (Å²) in [6.45, 7) is 5.95. The minimum Gasteiger partial charge on any atom is -0.497 e. The maximum atomic E-state index is 12.9. The van der Waals surface area contributed by atoms with E-state index in [1.54, 1.807) is 13.3 Å². The Kier molecular flexibility index (Phi) is 5.03. The Balaban J connectivity index is 1.70. The molecule has 1 aromatic carbocycles. The lowest BCUT2D eigenvalue weighted by molar-refractivity contribution is 0.0697. The molecular formula is C22H26N4O2. The number of piperidine rings is 1. The van der Waals surface area contributed by atoms with Gasteiger partial charge in [0.1, 0.15) is 17.1 Å². The monoisotopic (exact) mass is 378 g/mol.